The van der Waals surface area contributed by atoms with Crippen molar-refractivity contribution >= 4 is 33.1 Å². The number of rotatable bonds is 7. The number of halogens is 4. The highest BCUT2D eigenvalue weighted by atomic mass is 35.5. The number of nitrogens with one attached hydrogen (secondary N) is 1. The van der Waals surface area contributed by atoms with E-state index in [2.05, 4.69) is 9.72 Å². The van der Waals surface area contributed by atoms with Crippen LogP contribution in [0.2, 0.25) is 5.02 Å². The highest BCUT2D eigenvalue weighted by Gasteiger charge is 2.43. The van der Waals surface area contributed by atoms with Gasteiger partial charge in [-0.2, -0.15) is 0 Å². The zero-order chi connectivity index (χ0) is 27.1. The quantitative estimate of drug-likeness (QED) is 0.447. The molecule has 0 amide bonds. The molecular weight excluding hydrogens is 543 g/mol. The van der Waals surface area contributed by atoms with Gasteiger partial charge in [0, 0.05) is 24.7 Å². The molecule has 1 aliphatic rings. The van der Waals surface area contributed by atoms with Crippen molar-refractivity contribution in [2.75, 3.05) is 15.7 Å². The first-order valence-electron chi connectivity index (χ1n) is 10.4. The molecule has 1 aromatic heterocycles. The standard InChI is InChI=1S/C21H19ClF3N5O6S/c1-28-18-16(17(31)27-19(28)32)29(10-12-5-7-13(22)8-6-12)20(30(18)11-37(26,33)34)35-14-3-2-4-15(9-14)36-21(23,24)25/h2-9,20H,10-11H2,1H3,(H2,26,33,34)(H,27,31,32). The number of H-pyrrole nitrogens is 1. The number of anilines is 2. The third-order valence-corrected chi connectivity index (χ3v) is 6.12. The van der Waals surface area contributed by atoms with Crippen LogP contribution in [0.25, 0.3) is 0 Å². The number of sulfonamides is 1. The second kappa shape index (κ2) is 9.64. The summed E-state index contributed by atoms with van der Waals surface area (Å²) >= 11 is 5.95. The molecule has 0 bridgehead atoms. The Hall–Kier alpha value is -3.69. The molecule has 1 aliphatic heterocycles. The van der Waals surface area contributed by atoms with Crippen LogP contribution in [0, 0.1) is 0 Å². The topological polar surface area (TPSA) is 140 Å². The predicted octanol–water partition coefficient (Wildman–Crippen LogP) is 2.06. The Morgan fingerprint density at radius 1 is 1.08 bits per heavy atom. The van der Waals surface area contributed by atoms with Gasteiger partial charge in [-0.3, -0.25) is 19.2 Å². The molecular formula is C21H19ClF3N5O6S. The van der Waals surface area contributed by atoms with Crippen molar-refractivity contribution in [2.24, 2.45) is 12.2 Å². The molecule has 11 nitrogen and oxygen atoms in total. The van der Waals surface area contributed by atoms with Crippen LogP contribution < -0.4 is 35.7 Å². The molecule has 0 saturated heterocycles. The minimum absolute atomic E-state index is 0.0457. The number of nitrogens with zero attached hydrogens (tertiary/aromatic N) is 3. The van der Waals surface area contributed by atoms with Crippen molar-refractivity contribution in [3.05, 3.63) is 80.0 Å². The summed E-state index contributed by atoms with van der Waals surface area (Å²) in [6.45, 7) is -0.0457. The van der Waals surface area contributed by atoms with Gasteiger partial charge in [-0.1, -0.05) is 29.8 Å². The molecule has 198 valence electrons. The van der Waals surface area contributed by atoms with E-state index in [-0.39, 0.29) is 23.8 Å². The Morgan fingerprint density at radius 2 is 1.73 bits per heavy atom. The predicted molar refractivity (Wildman–Crippen MR) is 128 cm³/mol. The minimum atomic E-state index is -4.96. The molecule has 2 aromatic carbocycles. The lowest BCUT2D eigenvalue weighted by atomic mass is 10.2. The van der Waals surface area contributed by atoms with Crippen LogP contribution >= 0.6 is 11.6 Å². The Bertz CT molecular complexity index is 1540. The Labute approximate surface area is 212 Å². The van der Waals surface area contributed by atoms with E-state index in [1.165, 1.54) is 24.1 Å². The van der Waals surface area contributed by atoms with Gasteiger partial charge < -0.3 is 14.4 Å². The molecule has 37 heavy (non-hydrogen) atoms. The van der Waals surface area contributed by atoms with Crippen molar-refractivity contribution in [1.82, 2.24) is 9.55 Å². The summed E-state index contributed by atoms with van der Waals surface area (Å²) in [7, 11) is -2.95. The van der Waals surface area contributed by atoms with Crippen LogP contribution in [0.5, 0.6) is 11.5 Å². The second-order valence-corrected chi connectivity index (χ2v) is 9.99. The van der Waals surface area contributed by atoms with E-state index in [1.54, 1.807) is 24.3 Å². The van der Waals surface area contributed by atoms with Gasteiger partial charge in [0.2, 0.25) is 10.0 Å². The van der Waals surface area contributed by atoms with Crippen LogP contribution in [0.1, 0.15) is 5.56 Å². The zero-order valence-corrected chi connectivity index (χ0v) is 20.5. The van der Waals surface area contributed by atoms with Crippen LogP contribution in [-0.2, 0) is 23.6 Å². The summed E-state index contributed by atoms with van der Waals surface area (Å²) in [5.74, 6) is -1.75. The second-order valence-electron chi connectivity index (χ2n) is 7.97. The number of aromatic nitrogens is 2. The lowest BCUT2D eigenvalue weighted by Gasteiger charge is -2.32. The normalized spacial score (nSPS) is 15.6. The highest BCUT2D eigenvalue weighted by molar-refractivity contribution is 7.89. The van der Waals surface area contributed by atoms with Gasteiger partial charge in [-0.25, -0.2) is 18.4 Å². The zero-order valence-electron chi connectivity index (χ0n) is 18.9. The van der Waals surface area contributed by atoms with E-state index in [1.807, 2.05) is 0 Å². The summed E-state index contributed by atoms with van der Waals surface area (Å²) < 4.78 is 73.3. The number of nitrogens with two attached hydrogens (primary N) is 1. The fourth-order valence-corrected chi connectivity index (χ4v) is 4.59. The van der Waals surface area contributed by atoms with Gasteiger partial charge in [0.1, 0.15) is 28.9 Å². The minimum Gasteiger partial charge on any atom is -0.452 e. The van der Waals surface area contributed by atoms with Gasteiger partial charge in [0.25, 0.3) is 11.9 Å². The van der Waals surface area contributed by atoms with Crippen molar-refractivity contribution in [2.45, 2.75) is 19.3 Å². The third kappa shape index (κ3) is 6.00. The molecule has 0 spiro atoms. The first-order chi connectivity index (χ1) is 17.2. The Kier molecular flexibility index (Phi) is 6.87. The lowest BCUT2D eigenvalue weighted by molar-refractivity contribution is -0.274. The van der Waals surface area contributed by atoms with E-state index in [0.717, 1.165) is 21.6 Å². The third-order valence-electron chi connectivity index (χ3n) is 5.23. The first-order valence-corrected chi connectivity index (χ1v) is 12.5. The molecule has 2 heterocycles. The SMILES string of the molecule is Cn1c2c(c(=O)[nH]c1=O)N(Cc1ccc(Cl)cc1)C(Oc1cccc(OC(F)(F)F)c1)N2CS(N)(=O)=O. The molecule has 0 aliphatic carbocycles. The van der Waals surface area contributed by atoms with Gasteiger partial charge >= 0.3 is 12.1 Å². The molecule has 1 unspecified atom stereocenters. The number of alkyl halides is 3. The fourth-order valence-electron chi connectivity index (χ4n) is 3.82. The van der Waals surface area contributed by atoms with Crippen molar-refractivity contribution in [1.29, 1.82) is 0 Å². The van der Waals surface area contributed by atoms with E-state index < -0.39 is 45.6 Å². The highest BCUT2D eigenvalue weighted by Crippen LogP contribution is 2.38. The van der Waals surface area contributed by atoms with Crippen molar-refractivity contribution < 1.29 is 31.1 Å². The number of primary sulfonamides is 1. The van der Waals surface area contributed by atoms with Crippen LogP contribution in [0.4, 0.5) is 24.7 Å². The fraction of sp³-hybridized carbons (Fsp3) is 0.238. The lowest BCUT2D eigenvalue weighted by Crippen LogP contribution is -2.50. The number of ether oxygens (including phenoxy) is 2. The van der Waals surface area contributed by atoms with Crippen molar-refractivity contribution in [3.8, 4) is 11.5 Å². The van der Waals surface area contributed by atoms with Gasteiger partial charge in [-0.15, -0.1) is 13.2 Å². The van der Waals surface area contributed by atoms with E-state index >= 15 is 0 Å². The molecule has 4 rings (SSSR count). The average Bonchev–Trinajstić information content (AvgIpc) is 3.05. The van der Waals surface area contributed by atoms with E-state index in [4.69, 9.17) is 21.5 Å². The number of aromatic amines is 1. The van der Waals surface area contributed by atoms with Crippen LogP contribution in [0.15, 0.2) is 58.1 Å². The number of benzene rings is 2. The Balaban J connectivity index is 1.85. The summed E-state index contributed by atoms with van der Waals surface area (Å²) in [6, 6.07) is 11.0. The van der Waals surface area contributed by atoms with Gasteiger partial charge in [0.15, 0.2) is 0 Å². The summed E-state index contributed by atoms with van der Waals surface area (Å²) in [4.78, 5) is 29.8. The smallest absolute Gasteiger partial charge is 0.452 e. The number of hydrogen-bond donors (Lipinski definition) is 2. The average molecular weight is 562 g/mol. The van der Waals surface area contributed by atoms with Crippen LogP contribution in [-0.4, -0.2) is 36.6 Å². The first kappa shape index (κ1) is 26.4. The maximum absolute atomic E-state index is 12.9. The molecule has 0 saturated carbocycles. The molecule has 0 fully saturated rings. The number of fused-ring (bicyclic) bond motifs is 1. The Morgan fingerprint density at radius 3 is 2.35 bits per heavy atom. The maximum atomic E-state index is 12.9. The molecule has 3 N–H and O–H groups in total. The van der Waals surface area contributed by atoms with Gasteiger partial charge in [0.05, 0.1) is 0 Å². The van der Waals surface area contributed by atoms with Gasteiger partial charge in [-0.05, 0) is 29.8 Å². The van der Waals surface area contributed by atoms with Crippen molar-refractivity contribution in [3.63, 3.8) is 0 Å². The van der Waals surface area contributed by atoms with E-state index in [9.17, 15) is 31.2 Å². The molecule has 1 atom stereocenters. The van der Waals surface area contributed by atoms with E-state index in [0.29, 0.717) is 10.6 Å². The largest absolute Gasteiger partial charge is 0.573 e. The summed E-state index contributed by atoms with van der Waals surface area (Å²) in [5.41, 5.74) is -1.18. The molecule has 3 aromatic rings. The number of hydrogen-bond acceptors (Lipinski definition) is 8. The maximum Gasteiger partial charge on any atom is 0.573 e. The molecule has 16 heteroatoms. The summed E-state index contributed by atoms with van der Waals surface area (Å²) in [5, 5.41) is 5.73. The molecule has 0 radical (unpaired) electrons. The van der Waals surface area contributed by atoms with Crippen LogP contribution in [0.3, 0.4) is 0 Å². The summed E-state index contributed by atoms with van der Waals surface area (Å²) in [6.07, 6.45) is -6.40. The monoisotopic (exact) mass is 561 g/mol.